The molecule has 0 saturated carbocycles. The third kappa shape index (κ3) is 4.58. The molecule has 1 heterocycles. The van der Waals surface area contributed by atoms with Crippen LogP contribution in [0, 0.1) is 10.1 Å². The molecule has 0 aromatic heterocycles. The molecule has 0 amide bonds. The van der Waals surface area contributed by atoms with Crippen molar-refractivity contribution < 1.29 is 9.66 Å². The van der Waals surface area contributed by atoms with Crippen molar-refractivity contribution in [2.24, 2.45) is 0 Å². The highest BCUT2D eigenvalue weighted by Gasteiger charge is 2.21. The van der Waals surface area contributed by atoms with Gasteiger partial charge in [0, 0.05) is 25.2 Å². The van der Waals surface area contributed by atoms with E-state index in [1.807, 2.05) is 0 Å². The number of piperidine rings is 1. The molecule has 1 saturated heterocycles. The summed E-state index contributed by atoms with van der Waals surface area (Å²) < 4.78 is 5.89. The average Bonchev–Trinajstić information content (AvgIpc) is 2.48. The van der Waals surface area contributed by atoms with Crippen molar-refractivity contribution in [1.29, 1.82) is 0 Å². The lowest BCUT2D eigenvalue weighted by Gasteiger charge is -2.32. The molecule has 1 fully saturated rings. The number of nitrogens with zero attached hydrogens (tertiary/aromatic N) is 2. The summed E-state index contributed by atoms with van der Waals surface area (Å²) in [4.78, 5) is 12.7. The maximum Gasteiger partial charge on any atom is 0.271 e. The smallest absolute Gasteiger partial charge is 0.271 e. The zero-order valence-corrected chi connectivity index (χ0v) is 13.0. The van der Waals surface area contributed by atoms with Gasteiger partial charge in [-0.15, -0.1) is 0 Å². The van der Waals surface area contributed by atoms with Gasteiger partial charge in [0.05, 0.1) is 9.95 Å². The Hall–Kier alpha value is -1.33. The molecule has 0 N–H and O–H groups in total. The first-order chi connectivity index (χ1) is 10.1. The van der Waals surface area contributed by atoms with E-state index in [0.29, 0.717) is 10.8 Å². The fourth-order valence-corrected chi connectivity index (χ4v) is 2.73. The van der Waals surface area contributed by atoms with E-state index >= 15 is 0 Å². The Bertz CT molecular complexity index is 488. The molecule has 21 heavy (non-hydrogen) atoms. The first-order valence-electron chi connectivity index (χ1n) is 7.43. The normalized spacial score (nSPS) is 16.9. The van der Waals surface area contributed by atoms with E-state index < -0.39 is 4.92 Å². The van der Waals surface area contributed by atoms with Gasteiger partial charge < -0.3 is 9.64 Å². The summed E-state index contributed by atoms with van der Waals surface area (Å²) in [6.07, 6.45) is 4.53. The Morgan fingerprint density at radius 3 is 2.71 bits per heavy atom. The molecule has 0 bridgehead atoms. The molecule has 0 radical (unpaired) electrons. The molecule has 0 aliphatic carbocycles. The quantitative estimate of drug-likeness (QED) is 0.590. The van der Waals surface area contributed by atoms with E-state index in [9.17, 15) is 10.1 Å². The number of benzene rings is 1. The standard InChI is InChI=1S/C15H21ClN2O3/c1-2-3-8-17-9-6-13(7-10-17)21-15-5-4-12(18(19)20)11-14(15)16/h4-5,11,13H,2-3,6-10H2,1H3. The van der Waals surface area contributed by atoms with Gasteiger partial charge in [-0.3, -0.25) is 10.1 Å². The number of nitro groups is 1. The van der Waals surface area contributed by atoms with Gasteiger partial charge in [-0.1, -0.05) is 24.9 Å². The zero-order valence-electron chi connectivity index (χ0n) is 12.3. The summed E-state index contributed by atoms with van der Waals surface area (Å²) in [5, 5.41) is 11.0. The fraction of sp³-hybridized carbons (Fsp3) is 0.600. The minimum Gasteiger partial charge on any atom is -0.489 e. The summed E-state index contributed by atoms with van der Waals surface area (Å²) >= 11 is 6.05. The van der Waals surface area contributed by atoms with Crippen LogP contribution in [0.25, 0.3) is 0 Å². The SMILES string of the molecule is CCCCN1CCC(Oc2ccc([N+](=O)[O-])cc2Cl)CC1. The maximum atomic E-state index is 10.7. The van der Waals surface area contributed by atoms with Crippen molar-refractivity contribution in [2.45, 2.75) is 38.7 Å². The predicted molar refractivity (Wildman–Crippen MR) is 83.1 cm³/mol. The number of halogens is 1. The third-order valence-electron chi connectivity index (χ3n) is 3.78. The van der Waals surface area contributed by atoms with Crippen LogP contribution in [0.1, 0.15) is 32.6 Å². The van der Waals surface area contributed by atoms with Crippen molar-refractivity contribution in [3.05, 3.63) is 33.3 Å². The van der Waals surface area contributed by atoms with Crippen molar-refractivity contribution in [3.8, 4) is 5.75 Å². The summed E-state index contributed by atoms with van der Waals surface area (Å²) in [5.74, 6) is 0.536. The number of non-ortho nitro benzene ring substituents is 1. The molecule has 1 aliphatic heterocycles. The fourth-order valence-electron chi connectivity index (χ4n) is 2.51. The number of nitro benzene ring substituents is 1. The third-order valence-corrected chi connectivity index (χ3v) is 4.08. The number of ether oxygens (including phenoxy) is 1. The summed E-state index contributed by atoms with van der Waals surface area (Å²) in [5.41, 5.74) is -0.0123. The second kappa shape index (κ2) is 7.61. The van der Waals surface area contributed by atoms with Crippen molar-refractivity contribution in [3.63, 3.8) is 0 Å². The molecule has 2 rings (SSSR count). The average molecular weight is 313 g/mol. The number of hydrogen-bond acceptors (Lipinski definition) is 4. The molecule has 5 nitrogen and oxygen atoms in total. The van der Waals surface area contributed by atoms with Gasteiger partial charge in [-0.05, 0) is 31.9 Å². The highest BCUT2D eigenvalue weighted by molar-refractivity contribution is 6.32. The number of likely N-dealkylation sites (tertiary alicyclic amines) is 1. The molecular formula is C15H21ClN2O3. The second-order valence-corrected chi connectivity index (χ2v) is 5.79. The zero-order chi connectivity index (χ0) is 15.2. The van der Waals surface area contributed by atoms with Crippen LogP contribution in [-0.2, 0) is 0 Å². The number of rotatable bonds is 6. The van der Waals surface area contributed by atoms with Gasteiger partial charge in [0.15, 0.2) is 0 Å². The maximum absolute atomic E-state index is 10.7. The Balaban J connectivity index is 1.87. The van der Waals surface area contributed by atoms with Gasteiger partial charge in [0.25, 0.3) is 5.69 Å². The largest absolute Gasteiger partial charge is 0.489 e. The van der Waals surface area contributed by atoms with Crippen LogP contribution in [0.3, 0.4) is 0 Å². The minimum atomic E-state index is -0.456. The highest BCUT2D eigenvalue weighted by atomic mass is 35.5. The summed E-state index contributed by atoms with van der Waals surface area (Å²) in [7, 11) is 0. The van der Waals surface area contributed by atoms with Crippen LogP contribution in [-0.4, -0.2) is 35.6 Å². The second-order valence-electron chi connectivity index (χ2n) is 5.38. The van der Waals surface area contributed by atoms with E-state index in [1.165, 1.54) is 25.0 Å². The Morgan fingerprint density at radius 1 is 1.43 bits per heavy atom. The molecule has 0 spiro atoms. The Labute approximate surface area is 130 Å². The molecule has 1 aliphatic rings. The Morgan fingerprint density at radius 2 is 2.14 bits per heavy atom. The van der Waals surface area contributed by atoms with Gasteiger partial charge in [-0.2, -0.15) is 0 Å². The van der Waals surface area contributed by atoms with Crippen LogP contribution >= 0.6 is 11.6 Å². The van der Waals surface area contributed by atoms with Gasteiger partial charge in [0.2, 0.25) is 0 Å². The predicted octanol–water partition coefficient (Wildman–Crippen LogP) is 3.89. The monoisotopic (exact) mass is 312 g/mol. The number of unbranched alkanes of at least 4 members (excludes halogenated alkanes) is 1. The summed E-state index contributed by atoms with van der Waals surface area (Å²) in [6, 6.07) is 4.36. The first-order valence-corrected chi connectivity index (χ1v) is 7.81. The molecule has 0 atom stereocenters. The first kappa shape index (κ1) is 16.0. The van der Waals surface area contributed by atoms with Gasteiger partial charge in [0.1, 0.15) is 11.9 Å². The highest BCUT2D eigenvalue weighted by Crippen LogP contribution is 2.30. The molecule has 116 valence electrons. The van der Waals surface area contributed by atoms with Crippen LogP contribution in [0.5, 0.6) is 5.75 Å². The molecular weight excluding hydrogens is 292 g/mol. The lowest BCUT2D eigenvalue weighted by molar-refractivity contribution is -0.384. The van der Waals surface area contributed by atoms with Crippen LogP contribution in [0.4, 0.5) is 5.69 Å². The topological polar surface area (TPSA) is 55.6 Å². The van der Waals surface area contributed by atoms with Crippen molar-refractivity contribution >= 4 is 17.3 Å². The van der Waals surface area contributed by atoms with E-state index in [-0.39, 0.29) is 11.8 Å². The van der Waals surface area contributed by atoms with E-state index in [4.69, 9.17) is 16.3 Å². The van der Waals surface area contributed by atoms with E-state index in [2.05, 4.69) is 11.8 Å². The van der Waals surface area contributed by atoms with Crippen LogP contribution in [0.15, 0.2) is 18.2 Å². The van der Waals surface area contributed by atoms with Crippen molar-refractivity contribution in [2.75, 3.05) is 19.6 Å². The molecule has 1 aromatic rings. The van der Waals surface area contributed by atoms with Gasteiger partial charge in [-0.25, -0.2) is 0 Å². The van der Waals surface area contributed by atoms with Gasteiger partial charge >= 0.3 is 0 Å². The number of hydrogen-bond donors (Lipinski definition) is 0. The summed E-state index contributed by atoms with van der Waals surface area (Å²) in [6.45, 7) is 5.43. The van der Waals surface area contributed by atoms with E-state index in [0.717, 1.165) is 32.5 Å². The lowest BCUT2D eigenvalue weighted by atomic mass is 10.1. The molecule has 0 unspecified atom stereocenters. The molecule has 6 heteroatoms. The van der Waals surface area contributed by atoms with E-state index in [1.54, 1.807) is 6.07 Å². The minimum absolute atomic E-state index is 0.0123. The Kier molecular flexibility index (Phi) is 5.82. The molecule has 1 aromatic carbocycles. The van der Waals surface area contributed by atoms with Crippen LogP contribution < -0.4 is 4.74 Å². The lowest BCUT2D eigenvalue weighted by Crippen LogP contribution is -2.38. The van der Waals surface area contributed by atoms with Crippen molar-refractivity contribution in [1.82, 2.24) is 4.90 Å². The van der Waals surface area contributed by atoms with Crippen LogP contribution in [0.2, 0.25) is 5.02 Å².